The van der Waals surface area contributed by atoms with Gasteiger partial charge in [-0.3, -0.25) is 52.7 Å². The number of carbonyl (C=O) groups is 11. The lowest BCUT2D eigenvalue weighted by atomic mass is 9.91. The number of likely N-dealkylation sites (N-methyl/N-ethyl adjacent to an activating group) is 7. The highest BCUT2D eigenvalue weighted by Gasteiger charge is 2.45. The third kappa shape index (κ3) is 21.7. The number of nitrogens with zero attached hydrogens (tertiary/aromatic N) is 7. The number of hydrogen-bond acceptors (Lipinski definition) is 14. The normalized spacial score (nSPS) is 26.3. The van der Waals surface area contributed by atoms with E-state index in [-0.39, 0.29) is 37.5 Å². The van der Waals surface area contributed by atoms with Crippen LogP contribution in [0.4, 0.5) is 0 Å². The first kappa shape index (κ1) is 75.8. The van der Waals surface area contributed by atoms with Crippen LogP contribution in [-0.2, 0) is 52.7 Å². The molecule has 2 unspecified atom stereocenters. The molecular weight excluding hydrogens is 1080 g/mol. The Bertz CT molecular complexity index is 2310. The fourth-order valence-corrected chi connectivity index (χ4v) is 10.1. The number of amides is 11. The molecule has 0 spiro atoms. The van der Waals surface area contributed by atoms with Crippen LogP contribution in [0, 0.1) is 29.6 Å². The smallest absolute Gasteiger partial charge is 0.246 e. The molecule has 1 fully saturated rings. The van der Waals surface area contributed by atoms with Gasteiger partial charge in [-0.2, -0.15) is 0 Å². The van der Waals surface area contributed by atoms with E-state index in [0.29, 0.717) is 12.8 Å². The molecule has 480 valence electrons. The van der Waals surface area contributed by atoms with Crippen molar-refractivity contribution in [3.63, 3.8) is 0 Å². The Kier molecular flexibility index (Phi) is 30.7. The van der Waals surface area contributed by atoms with Gasteiger partial charge in [0.15, 0.2) is 0 Å². The molecule has 1 rings (SSSR count). The molecule has 1 aliphatic rings. The van der Waals surface area contributed by atoms with Crippen molar-refractivity contribution < 1.29 is 63.0 Å². The van der Waals surface area contributed by atoms with Gasteiger partial charge >= 0.3 is 0 Å². The molecule has 11 atom stereocenters. The van der Waals surface area contributed by atoms with E-state index in [0.717, 1.165) is 19.6 Å². The molecule has 11 amide bonds. The third-order valence-electron chi connectivity index (χ3n) is 15.4. The summed E-state index contributed by atoms with van der Waals surface area (Å²) in [4.78, 5) is 166. The zero-order valence-corrected chi connectivity index (χ0v) is 54.3. The number of hydrogen-bond donors (Lipinski definition) is 7. The van der Waals surface area contributed by atoms with Gasteiger partial charge in [0.2, 0.25) is 65.0 Å². The molecule has 0 aromatic carbocycles. The predicted octanol–water partition coefficient (Wildman–Crippen LogP) is 0.298. The van der Waals surface area contributed by atoms with Crippen LogP contribution in [0.2, 0.25) is 0 Å². The maximum absolute atomic E-state index is 15.0. The summed E-state index contributed by atoms with van der Waals surface area (Å²) in [7, 11) is 9.45. The summed E-state index contributed by atoms with van der Waals surface area (Å²) in [5, 5.41) is 33.8. The molecule has 1 aliphatic heterocycles. The monoisotopic (exact) mass is 1190 g/mol. The highest BCUT2D eigenvalue weighted by molar-refractivity contribution is 5.99. The fraction of sp³-hybridized carbons (Fsp3) is 0.780. The minimum Gasteiger partial charge on any atom is -0.390 e. The largest absolute Gasteiger partial charge is 0.390 e. The van der Waals surface area contributed by atoms with Crippen molar-refractivity contribution in [2.75, 3.05) is 69.0 Å². The molecule has 0 bridgehead atoms. The van der Waals surface area contributed by atoms with Crippen molar-refractivity contribution >= 4 is 65.0 Å². The number of nitrogens with two attached hydrogens (primary N) is 1. The number of rotatable bonds is 15. The Morgan fingerprint density at radius 2 is 1.04 bits per heavy atom. The topological polar surface area (TPSA) is 325 Å². The number of nitrogens with one attached hydrogen (secondary N) is 4. The van der Waals surface area contributed by atoms with Gasteiger partial charge < -0.3 is 71.5 Å². The minimum atomic E-state index is -1.64. The van der Waals surface area contributed by atoms with Crippen molar-refractivity contribution in [3.05, 3.63) is 12.2 Å². The second-order valence-corrected chi connectivity index (χ2v) is 25.1. The summed E-state index contributed by atoms with van der Waals surface area (Å²) in [6, 6.07) is -12.0. The number of carbonyl (C=O) groups excluding carboxylic acids is 11. The average molecular weight is 1190 g/mol. The molecule has 1 saturated heterocycles. The van der Waals surface area contributed by atoms with Crippen molar-refractivity contribution in [2.45, 2.75) is 202 Å². The Morgan fingerprint density at radius 3 is 1.49 bits per heavy atom. The standard InChI is InChI=1S/C59H106N12O13/c1-22-24-26-37(11)49(74)48-53(78)62-39(25-23-2)54(79)65(15)32-45(73)68(18)43(29-59(13,14)84)52(77)64-46(35(7)8)57(82)69(19)41(27-33(3)4)51(76)61-38(12)50(75)63-40(30-60)55(80)66(16)31-44(72)67(17)42(28-34(5)6)56(81)70(20)47(36(9)10)58(83)71(48)21/h22,24,33-43,46-49,74,84H,23,25-32,60H2,1-21H3,(H,61,76)(H,62,78)(H,63,75)(H,64,77)/b24-22+/t37-,38-,39-,40?,41+,42+,43+,46-,47-,48?,49-/m1/s1. The summed E-state index contributed by atoms with van der Waals surface area (Å²) in [5.74, 6) is -10.5. The molecule has 84 heavy (non-hydrogen) atoms. The van der Waals surface area contributed by atoms with Gasteiger partial charge in [-0.25, -0.2) is 0 Å². The van der Waals surface area contributed by atoms with Crippen molar-refractivity contribution in [1.29, 1.82) is 0 Å². The van der Waals surface area contributed by atoms with Crippen molar-refractivity contribution in [1.82, 2.24) is 55.6 Å². The summed E-state index contributed by atoms with van der Waals surface area (Å²) in [6.07, 6.45) is 2.63. The fourth-order valence-electron chi connectivity index (χ4n) is 10.1. The Morgan fingerprint density at radius 1 is 0.571 bits per heavy atom. The SMILES string of the molecule is C/C=C/C[C@@H](C)[C@@H](O)C1C(=O)N[C@H](CCC)C(=O)N(C)CC(=O)N(C)[C@@H](CC(C)(C)O)C(=O)N[C@H](C(C)C)C(=O)N(C)[C@@H](CC(C)C)C(=O)N[C@H](C)C(=O)NC(CN)C(=O)N(C)CC(=O)N(C)[C@@H](CC(C)C)C(=O)N(C)[C@H](C(C)C)C(=O)N1C. The van der Waals surface area contributed by atoms with Gasteiger partial charge in [0.05, 0.1) is 24.8 Å². The summed E-state index contributed by atoms with van der Waals surface area (Å²) in [6.45, 7) is 21.9. The van der Waals surface area contributed by atoms with Crippen molar-refractivity contribution in [3.8, 4) is 0 Å². The first-order valence-electron chi connectivity index (χ1n) is 29.5. The highest BCUT2D eigenvalue weighted by Crippen LogP contribution is 2.25. The van der Waals surface area contributed by atoms with Crippen LogP contribution in [0.1, 0.15) is 135 Å². The first-order chi connectivity index (χ1) is 38.7. The van der Waals surface area contributed by atoms with Crippen LogP contribution in [0.3, 0.4) is 0 Å². The van der Waals surface area contributed by atoms with E-state index in [1.54, 1.807) is 60.6 Å². The molecule has 25 nitrogen and oxygen atoms in total. The van der Waals surface area contributed by atoms with E-state index in [9.17, 15) is 58.2 Å². The molecular formula is C59H106N12O13. The third-order valence-corrected chi connectivity index (χ3v) is 15.4. The quantitative estimate of drug-likeness (QED) is 0.109. The molecule has 0 aliphatic carbocycles. The number of allylic oxidation sites excluding steroid dienone is 2. The second kappa shape index (κ2) is 34.1. The first-order valence-corrected chi connectivity index (χ1v) is 29.5. The number of aliphatic hydroxyl groups is 2. The van der Waals surface area contributed by atoms with Crippen LogP contribution < -0.4 is 27.0 Å². The lowest BCUT2D eigenvalue weighted by Crippen LogP contribution is -2.63. The molecule has 25 heteroatoms. The molecule has 0 aromatic heterocycles. The minimum absolute atomic E-state index is 0.0525. The van der Waals surface area contributed by atoms with Crippen LogP contribution in [0.15, 0.2) is 12.2 Å². The van der Waals surface area contributed by atoms with Gasteiger partial charge in [-0.15, -0.1) is 0 Å². The molecule has 0 radical (unpaired) electrons. The Hall–Kier alpha value is -6.21. The lowest BCUT2D eigenvalue weighted by Gasteiger charge is -2.41. The second-order valence-electron chi connectivity index (χ2n) is 25.1. The zero-order chi connectivity index (χ0) is 65.2. The maximum Gasteiger partial charge on any atom is 0.246 e. The summed E-state index contributed by atoms with van der Waals surface area (Å²) >= 11 is 0. The summed E-state index contributed by atoms with van der Waals surface area (Å²) < 4.78 is 0. The molecule has 0 saturated carbocycles. The molecule has 8 N–H and O–H groups in total. The molecule has 1 heterocycles. The van der Waals surface area contributed by atoms with Gasteiger partial charge in [0, 0.05) is 62.3 Å². The number of aliphatic hydroxyl groups excluding tert-OH is 1. The van der Waals surface area contributed by atoms with E-state index in [4.69, 9.17) is 5.73 Å². The highest BCUT2D eigenvalue weighted by atomic mass is 16.3. The van der Waals surface area contributed by atoms with E-state index in [1.807, 2.05) is 27.7 Å². The van der Waals surface area contributed by atoms with Crippen LogP contribution >= 0.6 is 0 Å². The Labute approximate surface area is 499 Å². The van der Waals surface area contributed by atoms with E-state index in [2.05, 4.69) is 21.3 Å². The zero-order valence-electron chi connectivity index (χ0n) is 54.3. The average Bonchev–Trinajstić information content (AvgIpc) is 3.37. The maximum atomic E-state index is 15.0. The summed E-state index contributed by atoms with van der Waals surface area (Å²) in [5.41, 5.74) is 4.47. The predicted molar refractivity (Wildman–Crippen MR) is 320 cm³/mol. The Balaban J connectivity index is 4.27. The van der Waals surface area contributed by atoms with Crippen molar-refractivity contribution in [2.24, 2.45) is 35.3 Å². The van der Waals surface area contributed by atoms with E-state index in [1.165, 1.54) is 84.8 Å². The van der Waals surface area contributed by atoms with Gasteiger partial charge in [0.25, 0.3) is 0 Å². The van der Waals surface area contributed by atoms with Crippen LogP contribution in [-0.4, -0.2) is 245 Å². The van der Waals surface area contributed by atoms with E-state index < -0.39 is 168 Å². The molecule has 0 aromatic rings. The van der Waals surface area contributed by atoms with Gasteiger partial charge in [-0.05, 0) is 83.0 Å². The van der Waals surface area contributed by atoms with Crippen LogP contribution in [0.25, 0.3) is 0 Å². The van der Waals surface area contributed by atoms with Crippen LogP contribution in [0.5, 0.6) is 0 Å². The van der Waals surface area contributed by atoms with E-state index >= 15 is 4.79 Å². The lowest BCUT2D eigenvalue weighted by molar-refractivity contribution is -0.156. The van der Waals surface area contributed by atoms with Gasteiger partial charge in [-0.1, -0.05) is 87.8 Å². The van der Waals surface area contributed by atoms with Gasteiger partial charge in [0.1, 0.15) is 54.4 Å².